The van der Waals surface area contributed by atoms with Crippen LogP contribution < -0.4 is 5.32 Å². The molecule has 2 aromatic rings. The normalized spacial score (nSPS) is 10.8. The molecule has 4 nitrogen and oxygen atoms in total. The number of benzene rings is 1. The predicted molar refractivity (Wildman–Crippen MR) is 76.0 cm³/mol. The quantitative estimate of drug-likeness (QED) is 0.789. The lowest BCUT2D eigenvalue weighted by Crippen LogP contribution is -2.04. The first-order valence-corrected chi connectivity index (χ1v) is 7.10. The van der Waals surface area contributed by atoms with Gasteiger partial charge in [0.05, 0.1) is 5.69 Å². The molecule has 19 heavy (non-hydrogen) atoms. The Morgan fingerprint density at radius 1 is 1.32 bits per heavy atom. The first kappa shape index (κ1) is 14.1. The van der Waals surface area contributed by atoms with Crippen LogP contribution in [0.15, 0.2) is 39.8 Å². The van der Waals surface area contributed by atoms with Gasteiger partial charge >= 0.3 is 0 Å². The molecule has 1 N–H and O–H groups in total. The van der Waals surface area contributed by atoms with E-state index < -0.39 is 0 Å². The Labute approximate surface area is 117 Å². The van der Waals surface area contributed by atoms with E-state index in [9.17, 15) is 0 Å². The van der Waals surface area contributed by atoms with Crippen molar-refractivity contribution >= 4 is 11.8 Å². The van der Waals surface area contributed by atoms with Gasteiger partial charge in [0.15, 0.2) is 5.76 Å². The molecule has 0 amide bonds. The number of rotatable bonds is 7. The van der Waals surface area contributed by atoms with E-state index in [1.165, 1.54) is 10.5 Å². The minimum atomic E-state index is 0.469. The summed E-state index contributed by atoms with van der Waals surface area (Å²) in [6.07, 6.45) is 0. The van der Waals surface area contributed by atoms with Crippen molar-refractivity contribution in [3.63, 3.8) is 0 Å². The fourth-order valence-corrected chi connectivity index (χ4v) is 2.48. The lowest BCUT2D eigenvalue weighted by Gasteiger charge is -2.02. The summed E-state index contributed by atoms with van der Waals surface area (Å²) >= 11 is 1.75. The van der Waals surface area contributed by atoms with Crippen molar-refractivity contribution in [2.45, 2.75) is 23.8 Å². The molecule has 1 heterocycles. The first-order chi connectivity index (χ1) is 9.31. The number of thioether (sulfide) groups is 1. The van der Waals surface area contributed by atoms with Gasteiger partial charge in [0.2, 0.25) is 0 Å². The van der Waals surface area contributed by atoms with Crippen LogP contribution in [0.4, 0.5) is 0 Å². The molecule has 1 aromatic carbocycles. The van der Waals surface area contributed by atoms with E-state index in [0.29, 0.717) is 6.61 Å². The molecule has 0 unspecified atom stereocenters. The number of hydrogen-bond donors (Lipinski definition) is 1. The summed E-state index contributed by atoms with van der Waals surface area (Å²) in [7, 11) is 3.59. The standard InChI is InChI=1S/C14H18N2O2S/c1-15-8-11-3-5-14(6-4-11)19-10-12-7-13(9-17-2)18-16-12/h3-7,15H,8-10H2,1-2H3. The van der Waals surface area contributed by atoms with Crippen molar-refractivity contribution in [2.75, 3.05) is 14.2 Å². The van der Waals surface area contributed by atoms with E-state index in [1.807, 2.05) is 13.1 Å². The van der Waals surface area contributed by atoms with E-state index in [-0.39, 0.29) is 0 Å². The number of nitrogens with zero attached hydrogens (tertiary/aromatic N) is 1. The largest absolute Gasteiger partial charge is 0.377 e. The monoisotopic (exact) mass is 278 g/mol. The maximum atomic E-state index is 5.15. The van der Waals surface area contributed by atoms with E-state index in [4.69, 9.17) is 9.26 Å². The summed E-state index contributed by atoms with van der Waals surface area (Å²) in [5, 5.41) is 7.15. The highest BCUT2D eigenvalue weighted by atomic mass is 32.2. The maximum Gasteiger partial charge on any atom is 0.162 e. The van der Waals surface area contributed by atoms with Crippen LogP contribution in [0.5, 0.6) is 0 Å². The van der Waals surface area contributed by atoms with Crippen LogP contribution in [-0.4, -0.2) is 19.3 Å². The lowest BCUT2D eigenvalue weighted by molar-refractivity contribution is 0.156. The number of nitrogens with one attached hydrogen (secondary N) is 1. The topological polar surface area (TPSA) is 47.3 Å². The maximum absolute atomic E-state index is 5.15. The summed E-state index contributed by atoms with van der Waals surface area (Å²) in [4.78, 5) is 1.23. The first-order valence-electron chi connectivity index (χ1n) is 6.11. The minimum absolute atomic E-state index is 0.469. The smallest absolute Gasteiger partial charge is 0.162 e. The number of methoxy groups -OCH3 is 1. The molecule has 0 bridgehead atoms. The number of aromatic nitrogens is 1. The van der Waals surface area contributed by atoms with E-state index in [2.05, 4.69) is 34.7 Å². The Kier molecular flexibility index (Phi) is 5.44. The van der Waals surface area contributed by atoms with E-state index in [1.54, 1.807) is 18.9 Å². The second-order valence-electron chi connectivity index (χ2n) is 4.18. The van der Waals surface area contributed by atoms with Gasteiger partial charge < -0.3 is 14.6 Å². The van der Waals surface area contributed by atoms with Gasteiger partial charge in [-0.2, -0.15) is 0 Å². The van der Waals surface area contributed by atoms with Gasteiger partial charge in [-0.3, -0.25) is 0 Å². The molecule has 0 atom stereocenters. The van der Waals surface area contributed by atoms with Gasteiger partial charge in [-0.05, 0) is 24.7 Å². The second-order valence-corrected chi connectivity index (χ2v) is 5.23. The molecule has 102 valence electrons. The molecule has 0 aliphatic carbocycles. The van der Waals surface area contributed by atoms with Crippen LogP contribution in [0.1, 0.15) is 17.0 Å². The van der Waals surface area contributed by atoms with Crippen LogP contribution in [0.25, 0.3) is 0 Å². The van der Waals surface area contributed by atoms with E-state index >= 15 is 0 Å². The van der Waals surface area contributed by atoms with Crippen LogP contribution in [-0.2, 0) is 23.6 Å². The van der Waals surface area contributed by atoms with Crippen molar-refractivity contribution in [3.8, 4) is 0 Å². The minimum Gasteiger partial charge on any atom is -0.377 e. The second kappa shape index (κ2) is 7.33. The highest BCUT2D eigenvalue weighted by Gasteiger charge is 2.04. The van der Waals surface area contributed by atoms with Gasteiger partial charge in [-0.25, -0.2) is 0 Å². The highest BCUT2D eigenvalue weighted by molar-refractivity contribution is 7.98. The number of hydrogen-bond acceptors (Lipinski definition) is 5. The summed E-state index contributed by atoms with van der Waals surface area (Å²) in [5.74, 6) is 1.57. The molecule has 0 spiro atoms. The summed E-state index contributed by atoms with van der Waals surface area (Å²) in [5.41, 5.74) is 2.23. The van der Waals surface area contributed by atoms with Crippen molar-refractivity contribution < 1.29 is 9.26 Å². The summed E-state index contributed by atoms with van der Waals surface area (Å²) in [6.45, 7) is 1.37. The van der Waals surface area contributed by atoms with Gasteiger partial charge in [0.1, 0.15) is 6.61 Å². The van der Waals surface area contributed by atoms with Crippen molar-refractivity contribution in [1.29, 1.82) is 0 Å². The Morgan fingerprint density at radius 3 is 2.79 bits per heavy atom. The Balaban J connectivity index is 1.86. The molecule has 0 aliphatic heterocycles. The highest BCUT2D eigenvalue weighted by Crippen LogP contribution is 2.23. The van der Waals surface area contributed by atoms with Gasteiger partial charge in [-0.15, -0.1) is 11.8 Å². The van der Waals surface area contributed by atoms with Crippen molar-refractivity contribution in [3.05, 3.63) is 47.3 Å². The third-order valence-corrected chi connectivity index (χ3v) is 3.63. The molecule has 0 saturated heterocycles. The molecule has 0 aliphatic rings. The van der Waals surface area contributed by atoms with Crippen molar-refractivity contribution in [1.82, 2.24) is 10.5 Å². The van der Waals surface area contributed by atoms with Gasteiger partial charge in [0, 0.05) is 30.4 Å². The zero-order valence-electron chi connectivity index (χ0n) is 11.2. The van der Waals surface area contributed by atoms with Gasteiger partial charge in [-0.1, -0.05) is 17.3 Å². The Bertz CT molecular complexity index is 496. The predicted octanol–water partition coefficient (Wildman–Crippen LogP) is 2.83. The van der Waals surface area contributed by atoms with Gasteiger partial charge in [0.25, 0.3) is 0 Å². The molecule has 0 fully saturated rings. The molecule has 0 saturated carbocycles. The van der Waals surface area contributed by atoms with Crippen LogP contribution in [0.2, 0.25) is 0 Å². The molecule has 5 heteroatoms. The number of ether oxygens (including phenoxy) is 1. The third kappa shape index (κ3) is 4.38. The lowest BCUT2D eigenvalue weighted by atomic mass is 10.2. The fourth-order valence-electron chi connectivity index (χ4n) is 1.70. The summed E-state index contributed by atoms with van der Waals surface area (Å²) < 4.78 is 10.1. The molecular weight excluding hydrogens is 260 g/mol. The molecule has 0 radical (unpaired) electrons. The van der Waals surface area contributed by atoms with Crippen LogP contribution >= 0.6 is 11.8 Å². The van der Waals surface area contributed by atoms with Crippen molar-refractivity contribution in [2.24, 2.45) is 0 Å². The van der Waals surface area contributed by atoms with E-state index in [0.717, 1.165) is 23.8 Å². The average molecular weight is 278 g/mol. The zero-order chi connectivity index (χ0) is 13.5. The average Bonchev–Trinajstić information content (AvgIpc) is 2.87. The fraction of sp³-hybridized carbons (Fsp3) is 0.357. The Hall–Kier alpha value is -1.30. The molecular formula is C14H18N2O2S. The van der Waals surface area contributed by atoms with Crippen LogP contribution in [0.3, 0.4) is 0 Å². The summed E-state index contributed by atoms with van der Waals surface area (Å²) in [6, 6.07) is 10.5. The third-order valence-electron chi connectivity index (χ3n) is 2.59. The Morgan fingerprint density at radius 2 is 2.11 bits per heavy atom. The molecule has 1 aromatic heterocycles. The van der Waals surface area contributed by atoms with Crippen LogP contribution in [0, 0.1) is 0 Å². The SMILES string of the molecule is CNCc1ccc(SCc2cc(COC)on2)cc1. The molecule has 2 rings (SSSR count). The zero-order valence-corrected chi connectivity index (χ0v) is 12.0.